The molecule has 0 aliphatic carbocycles. The minimum atomic E-state index is -0.252. The van der Waals surface area contributed by atoms with Crippen molar-refractivity contribution < 1.29 is 9.59 Å². The molecule has 0 spiro atoms. The molecule has 0 aromatic heterocycles. The standard InChI is InChI=1S/C14H15NO2/c1-3-10-5-6-11(4-2)12(9-10)15-13(16)7-8-14(15)17/h5-9H,3-4H2,1-2H3. The number of nitrogens with zero attached hydrogens (tertiary/aromatic N) is 1. The van der Waals surface area contributed by atoms with Crippen molar-refractivity contribution in [1.29, 1.82) is 0 Å². The molecule has 2 amide bonds. The third-order valence-corrected chi connectivity index (χ3v) is 2.99. The van der Waals surface area contributed by atoms with Gasteiger partial charge in [0.15, 0.2) is 0 Å². The van der Waals surface area contributed by atoms with Gasteiger partial charge in [0.2, 0.25) is 0 Å². The summed E-state index contributed by atoms with van der Waals surface area (Å²) in [5.74, 6) is -0.504. The quantitative estimate of drug-likeness (QED) is 0.745. The van der Waals surface area contributed by atoms with Gasteiger partial charge in [-0.25, -0.2) is 4.90 Å². The molecule has 3 nitrogen and oxygen atoms in total. The highest BCUT2D eigenvalue weighted by atomic mass is 16.2. The average Bonchev–Trinajstić information content (AvgIpc) is 2.68. The zero-order chi connectivity index (χ0) is 12.4. The van der Waals surface area contributed by atoms with Crippen LogP contribution in [0.5, 0.6) is 0 Å². The molecule has 88 valence electrons. The Morgan fingerprint density at radius 2 is 1.65 bits per heavy atom. The van der Waals surface area contributed by atoms with Crippen LogP contribution in [-0.2, 0) is 22.4 Å². The summed E-state index contributed by atoms with van der Waals surface area (Å²) in [6.07, 6.45) is 4.33. The Kier molecular flexibility index (Phi) is 3.09. The molecule has 0 N–H and O–H groups in total. The zero-order valence-corrected chi connectivity index (χ0v) is 10.1. The molecule has 0 fully saturated rings. The van der Waals surface area contributed by atoms with Gasteiger partial charge in [-0.1, -0.05) is 26.0 Å². The Hall–Kier alpha value is -1.90. The molecule has 0 bridgehead atoms. The van der Waals surface area contributed by atoms with E-state index < -0.39 is 0 Å². The minimum absolute atomic E-state index is 0.252. The summed E-state index contributed by atoms with van der Waals surface area (Å²) < 4.78 is 0. The molecule has 1 aliphatic rings. The zero-order valence-electron chi connectivity index (χ0n) is 10.1. The third-order valence-electron chi connectivity index (χ3n) is 2.99. The fraction of sp³-hybridized carbons (Fsp3) is 0.286. The van der Waals surface area contributed by atoms with Crippen molar-refractivity contribution in [2.24, 2.45) is 0 Å². The van der Waals surface area contributed by atoms with E-state index >= 15 is 0 Å². The van der Waals surface area contributed by atoms with E-state index in [0.717, 1.165) is 29.7 Å². The van der Waals surface area contributed by atoms with Crippen molar-refractivity contribution in [3.05, 3.63) is 41.5 Å². The average molecular weight is 229 g/mol. The molecule has 17 heavy (non-hydrogen) atoms. The molecule has 0 saturated heterocycles. The van der Waals surface area contributed by atoms with Crippen LogP contribution in [0.25, 0.3) is 0 Å². The molecule has 1 aromatic rings. The number of carbonyl (C=O) groups excluding carboxylic acids is 2. The van der Waals surface area contributed by atoms with Crippen LogP contribution in [0, 0.1) is 0 Å². The summed E-state index contributed by atoms with van der Waals surface area (Å²) in [6.45, 7) is 4.07. The van der Waals surface area contributed by atoms with Crippen LogP contribution in [0.15, 0.2) is 30.4 Å². The maximum absolute atomic E-state index is 11.7. The van der Waals surface area contributed by atoms with Crippen molar-refractivity contribution in [2.45, 2.75) is 26.7 Å². The lowest BCUT2D eigenvalue weighted by Crippen LogP contribution is -2.30. The van der Waals surface area contributed by atoms with Crippen LogP contribution in [0.2, 0.25) is 0 Å². The molecule has 0 unspecified atom stereocenters. The van der Waals surface area contributed by atoms with Gasteiger partial charge in [-0.2, -0.15) is 0 Å². The van der Waals surface area contributed by atoms with Crippen molar-refractivity contribution in [1.82, 2.24) is 0 Å². The van der Waals surface area contributed by atoms with Crippen molar-refractivity contribution in [3.63, 3.8) is 0 Å². The van der Waals surface area contributed by atoms with E-state index in [1.165, 1.54) is 17.1 Å². The summed E-state index contributed by atoms with van der Waals surface area (Å²) in [5.41, 5.74) is 2.88. The lowest BCUT2D eigenvalue weighted by molar-refractivity contribution is -0.119. The summed E-state index contributed by atoms with van der Waals surface area (Å²) in [6, 6.07) is 5.97. The van der Waals surface area contributed by atoms with Gasteiger partial charge in [0.1, 0.15) is 0 Å². The SMILES string of the molecule is CCc1ccc(CC)c(N2C(=O)C=CC2=O)c1. The highest BCUT2D eigenvalue weighted by Crippen LogP contribution is 2.26. The van der Waals surface area contributed by atoms with Crippen molar-refractivity contribution in [3.8, 4) is 0 Å². The van der Waals surface area contributed by atoms with Crippen LogP contribution in [0.4, 0.5) is 5.69 Å². The number of hydrogen-bond donors (Lipinski definition) is 0. The number of anilines is 1. The Morgan fingerprint density at radius 1 is 1.00 bits per heavy atom. The molecule has 1 aliphatic heterocycles. The molecule has 1 heterocycles. The lowest BCUT2D eigenvalue weighted by Gasteiger charge is -2.18. The van der Waals surface area contributed by atoms with Crippen LogP contribution < -0.4 is 4.90 Å². The summed E-state index contributed by atoms with van der Waals surface area (Å²) in [4.78, 5) is 24.6. The van der Waals surface area contributed by atoms with Gasteiger partial charge < -0.3 is 0 Å². The van der Waals surface area contributed by atoms with E-state index in [2.05, 4.69) is 6.92 Å². The Bertz CT molecular complexity index is 485. The number of amides is 2. The van der Waals surface area contributed by atoms with Crippen LogP contribution in [0.1, 0.15) is 25.0 Å². The number of hydrogen-bond acceptors (Lipinski definition) is 2. The van der Waals surface area contributed by atoms with E-state index in [-0.39, 0.29) is 11.8 Å². The topological polar surface area (TPSA) is 37.4 Å². The fourth-order valence-electron chi connectivity index (χ4n) is 1.97. The van der Waals surface area contributed by atoms with Crippen molar-refractivity contribution >= 4 is 17.5 Å². The maximum Gasteiger partial charge on any atom is 0.258 e. The first-order chi connectivity index (χ1) is 8.17. The highest BCUT2D eigenvalue weighted by molar-refractivity contribution is 6.28. The third kappa shape index (κ3) is 2.00. The normalized spacial score (nSPS) is 14.8. The van der Waals surface area contributed by atoms with E-state index in [1.54, 1.807) is 0 Å². The molecule has 1 aromatic carbocycles. The van der Waals surface area contributed by atoms with Gasteiger partial charge in [0, 0.05) is 12.2 Å². The smallest absolute Gasteiger partial charge is 0.258 e. The second-order valence-corrected chi connectivity index (χ2v) is 4.02. The second-order valence-electron chi connectivity index (χ2n) is 4.02. The largest absolute Gasteiger partial charge is 0.269 e. The van der Waals surface area contributed by atoms with Gasteiger partial charge in [-0.15, -0.1) is 0 Å². The van der Waals surface area contributed by atoms with Gasteiger partial charge in [0.05, 0.1) is 5.69 Å². The number of benzene rings is 1. The van der Waals surface area contributed by atoms with E-state index in [4.69, 9.17) is 0 Å². The number of rotatable bonds is 3. The first-order valence-corrected chi connectivity index (χ1v) is 5.85. The molecule has 0 saturated carbocycles. The van der Waals surface area contributed by atoms with Gasteiger partial charge in [-0.05, 0) is 30.0 Å². The second kappa shape index (κ2) is 4.53. The summed E-state index contributed by atoms with van der Waals surface area (Å²) in [5, 5.41) is 0. The fourth-order valence-corrected chi connectivity index (χ4v) is 1.97. The summed E-state index contributed by atoms with van der Waals surface area (Å²) in [7, 11) is 0. The summed E-state index contributed by atoms with van der Waals surface area (Å²) >= 11 is 0. The molecule has 0 atom stereocenters. The monoisotopic (exact) mass is 229 g/mol. The number of carbonyl (C=O) groups is 2. The Balaban J connectivity index is 2.49. The van der Waals surface area contributed by atoms with Gasteiger partial charge in [0.25, 0.3) is 11.8 Å². The van der Waals surface area contributed by atoms with Crippen LogP contribution in [-0.4, -0.2) is 11.8 Å². The van der Waals surface area contributed by atoms with E-state index in [9.17, 15) is 9.59 Å². The minimum Gasteiger partial charge on any atom is -0.269 e. The first kappa shape index (κ1) is 11.6. The maximum atomic E-state index is 11.7. The predicted octanol–water partition coefficient (Wildman–Crippen LogP) is 2.24. The van der Waals surface area contributed by atoms with Gasteiger partial charge in [-0.3, -0.25) is 9.59 Å². The predicted molar refractivity (Wildman–Crippen MR) is 66.8 cm³/mol. The highest BCUT2D eigenvalue weighted by Gasteiger charge is 2.26. The van der Waals surface area contributed by atoms with E-state index in [0.29, 0.717) is 0 Å². The molecule has 2 rings (SSSR count). The van der Waals surface area contributed by atoms with Crippen LogP contribution >= 0.6 is 0 Å². The molecular weight excluding hydrogens is 214 g/mol. The number of aryl methyl sites for hydroxylation is 2. The first-order valence-electron chi connectivity index (χ1n) is 5.85. The molecule has 0 radical (unpaired) electrons. The van der Waals surface area contributed by atoms with Crippen LogP contribution in [0.3, 0.4) is 0 Å². The lowest BCUT2D eigenvalue weighted by atomic mass is 10.0. The molecular formula is C14H15NO2. The number of imide groups is 1. The molecule has 3 heteroatoms. The van der Waals surface area contributed by atoms with Crippen molar-refractivity contribution in [2.75, 3.05) is 4.90 Å². The van der Waals surface area contributed by atoms with Gasteiger partial charge >= 0.3 is 0 Å². The Labute approximate surface area is 101 Å². The van der Waals surface area contributed by atoms with E-state index in [1.807, 2.05) is 25.1 Å². The Morgan fingerprint density at radius 3 is 2.18 bits per heavy atom.